The monoisotopic (exact) mass is 333 g/mol. The molecular weight excluding hydrogens is 318 g/mol. The molecule has 0 heterocycles. The fraction of sp³-hybridized carbons (Fsp3) is 0.235. The predicted molar refractivity (Wildman–Crippen MR) is 87.6 cm³/mol. The van der Waals surface area contributed by atoms with Crippen molar-refractivity contribution < 1.29 is 14.5 Å². The lowest BCUT2D eigenvalue weighted by Gasteiger charge is -2.19. The summed E-state index contributed by atoms with van der Waals surface area (Å²) in [6.07, 6.45) is -0.262. The lowest BCUT2D eigenvalue weighted by atomic mass is 9.91. The van der Waals surface area contributed by atoms with E-state index >= 15 is 0 Å². The number of nitrogens with zero attached hydrogens (tertiary/aromatic N) is 1. The van der Waals surface area contributed by atoms with Gasteiger partial charge in [0.2, 0.25) is 0 Å². The number of rotatable bonds is 5. The Morgan fingerprint density at radius 2 is 1.78 bits per heavy atom. The second-order valence-corrected chi connectivity index (χ2v) is 5.70. The highest BCUT2D eigenvalue weighted by Crippen LogP contribution is 2.32. The van der Waals surface area contributed by atoms with Crippen molar-refractivity contribution in [2.75, 3.05) is 0 Å². The molecule has 0 fully saturated rings. The molecule has 0 aliphatic rings. The average molecular weight is 334 g/mol. The van der Waals surface area contributed by atoms with Crippen LogP contribution in [0.4, 0.5) is 5.69 Å². The van der Waals surface area contributed by atoms with Gasteiger partial charge < -0.3 is 4.74 Å². The Hall–Kier alpha value is -2.40. The van der Waals surface area contributed by atoms with Gasteiger partial charge in [0.15, 0.2) is 0 Å². The van der Waals surface area contributed by atoms with E-state index in [-0.39, 0.29) is 16.8 Å². The first-order chi connectivity index (χ1) is 10.9. The minimum Gasteiger partial charge on any atom is -0.462 e. The lowest BCUT2D eigenvalue weighted by Crippen LogP contribution is -2.20. The molecule has 0 bridgehead atoms. The van der Waals surface area contributed by atoms with Crippen LogP contribution >= 0.6 is 11.6 Å². The quantitative estimate of drug-likeness (QED) is 0.464. The second-order valence-electron chi connectivity index (χ2n) is 5.30. The molecule has 1 atom stereocenters. The molecule has 0 aliphatic heterocycles. The summed E-state index contributed by atoms with van der Waals surface area (Å²) in [4.78, 5) is 22.8. The molecule has 0 saturated heterocycles. The van der Waals surface area contributed by atoms with Crippen LogP contribution in [0.25, 0.3) is 0 Å². The highest BCUT2D eigenvalue weighted by molar-refractivity contribution is 6.32. The molecule has 0 N–H and O–H groups in total. The van der Waals surface area contributed by atoms with E-state index in [1.165, 1.54) is 18.2 Å². The average Bonchev–Trinajstić information content (AvgIpc) is 2.47. The molecule has 0 aromatic heterocycles. The highest BCUT2D eigenvalue weighted by atomic mass is 35.5. The van der Waals surface area contributed by atoms with Gasteiger partial charge in [0, 0.05) is 6.07 Å². The minimum atomic E-state index is -0.683. The largest absolute Gasteiger partial charge is 0.462 e. The number of nitro groups is 1. The van der Waals surface area contributed by atoms with Gasteiger partial charge in [-0.3, -0.25) is 14.9 Å². The second kappa shape index (κ2) is 7.24. The van der Waals surface area contributed by atoms with Gasteiger partial charge in [-0.1, -0.05) is 48.0 Å². The first kappa shape index (κ1) is 17.0. The van der Waals surface area contributed by atoms with Gasteiger partial charge in [-0.15, -0.1) is 0 Å². The molecular formula is C17H16ClNO4. The Labute approximate surface area is 139 Å². The topological polar surface area (TPSA) is 69.4 Å². The number of nitro benzene ring substituents is 1. The van der Waals surface area contributed by atoms with Crippen molar-refractivity contribution in [3.8, 4) is 0 Å². The zero-order valence-corrected chi connectivity index (χ0v) is 13.5. The van der Waals surface area contributed by atoms with Crippen molar-refractivity contribution in [2.24, 2.45) is 0 Å². The number of hydrogen-bond donors (Lipinski definition) is 0. The zero-order valence-electron chi connectivity index (χ0n) is 12.7. The van der Waals surface area contributed by atoms with E-state index in [1.807, 2.05) is 30.3 Å². The molecule has 2 aromatic rings. The van der Waals surface area contributed by atoms with E-state index in [9.17, 15) is 14.9 Å². The molecule has 120 valence electrons. The first-order valence-electron chi connectivity index (χ1n) is 7.09. The third-order valence-corrected chi connectivity index (χ3v) is 3.52. The Kier molecular flexibility index (Phi) is 5.34. The molecule has 0 spiro atoms. The summed E-state index contributed by atoms with van der Waals surface area (Å²) in [7, 11) is 0. The molecule has 23 heavy (non-hydrogen) atoms. The Balaban J connectivity index is 2.47. The van der Waals surface area contributed by atoms with Crippen molar-refractivity contribution in [3.05, 3.63) is 74.8 Å². The zero-order chi connectivity index (χ0) is 17.0. The van der Waals surface area contributed by atoms with Crippen LogP contribution in [0.5, 0.6) is 0 Å². The van der Waals surface area contributed by atoms with Gasteiger partial charge in [-0.2, -0.15) is 0 Å². The van der Waals surface area contributed by atoms with E-state index in [4.69, 9.17) is 16.3 Å². The summed E-state index contributed by atoms with van der Waals surface area (Å²) in [5.41, 5.74) is 1.10. The minimum absolute atomic E-state index is 0.00854. The smallest absolute Gasteiger partial charge is 0.318 e. The van der Waals surface area contributed by atoms with Crippen LogP contribution in [-0.4, -0.2) is 17.0 Å². The SMILES string of the molecule is CC(C)OC(=O)[C@H](c1ccccc1)c1ccc([N+](=O)[O-])c(Cl)c1. The van der Waals surface area contributed by atoms with Crippen molar-refractivity contribution >= 4 is 23.3 Å². The van der Waals surface area contributed by atoms with Crippen LogP contribution in [-0.2, 0) is 9.53 Å². The van der Waals surface area contributed by atoms with Gasteiger partial charge >= 0.3 is 5.97 Å². The Morgan fingerprint density at radius 3 is 2.30 bits per heavy atom. The summed E-state index contributed by atoms with van der Waals surface area (Å²) in [5, 5.41) is 10.9. The number of carbonyl (C=O) groups is 1. The maximum Gasteiger partial charge on any atom is 0.318 e. The third-order valence-electron chi connectivity index (χ3n) is 3.22. The fourth-order valence-corrected chi connectivity index (χ4v) is 2.52. The van der Waals surface area contributed by atoms with Crippen LogP contribution in [0.1, 0.15) is 30.9 Å². The van der Waals surface area contributed by atoms with E-state index in [1.54, 1.807) is 13.8 Å². The highest BCUT2D eigenvalue weighted by Gasteiger charge is 2.26. The molecule has 5 nitrogen and oxygen atoms in total. The molecule has 0 radical (unpaired) electrons. The number of ether oxygens (including phenoxy) is 1. The summed E-state index contributed by atoms with van der Waals surface area (Å²) < 4.78 is 5.32. The maximum atomic E-state index is 12.5. The van der Waals surface area contributed by atoms with Crippen LogP contribution in [0.15, 0.2) is 48.5 Å². The van der Waals surface area contributed by atoms with Gasteiger partial charge in [0.05, 0.1) is 11.0 Å². The first-order valence-corrected chi connectivity index (χ1v) is 7.47. The Morgan fingerprint density at radius 1 is 1.13 bits per heavy atom. The van der Waals surface area contributed by atoms with Crippen LogP contribution < -0.4 is 0 Å². The van der Waals surface area contributed by atoms with Crippen molar-refractivity contribution in [2.45, 2.75) is 25.9 Å². The number of hydrogen-bond acceptors (Lipinski definition) is 4. The molecule has 6 heteroatoms. The lowest BCUT2D eigenvalue weighted by molar-refractivity contribution is -0.384. The molecule has 2 rings (SSSR count). The summed E-state index contributed by atoms with van der Waals surface area (Å²) in [6, 6.07) is 13.4. The number of esters is 1. The Bertz CT molecular complexity index is 716. The summed E-state index contributed by atoms with van der Waals surface area (Å²) in [5.74, 6) is -1.10. The van der Waals surface area contributed by atoms with E-state index in [0.29, 0.717) is 5.56 Å². The predicted octanol–water partition coefficient (Wildman–Crippen LogP) is 4.33. The van der Waals surface area contributed by atoms with Gasteiger partial charge in [0.25, 0.3) is 5.69 Å². The number of benzene rings is 2. The van der Waals surface area contributed by atoms with E-state index < -0.39 is 16.8 Å². The number of halogens is 1. The summed E-state index contributed by atoms with van der Waals surface area (Å²) in [6.45, 7) is 3.53. The normalized spacial score (nSPS) is 12.0. The summed E-state index contributed by atoms with van der Waals surface area (Å²) >= 11 is 5.97. The van der Waals surface area contributed by atoms with E-state index in [0.717, 1.165) is 5.56 Å². The van der Waals surface area contributed by atoms with Gasteiger partial charge in [-0.25, -0.2) is 0 Å². The van der Waals surface area contributed by atoms with Crippen molar-refractivity contribution in [3.63, 3.8) is 0 Å². The molecule has 2 aromatic carbocycles. The van der Waals surface area contributed by atoms with E-state index in [2.05, 4.69) is 0 Å². The van der Waals surface area contributed by atoms with Crippen LogP contribution in [0, 0.1) is 10.1 Å². The molecule has 0 aliphatic carbocycles. The maximum absolute atomic E-state index is 12.5. The third kappa shape index (κ3) is 4.07. The fourth-order valence-electron chi connectivity index (χ4n) is 2.26. The molecule has 0 amide bonds. The van der Waals surface area contributed by atoms with Gasteiger partial charge in [0.1, 0.15) is 10.9 Å². The molecule has 0 unspecified atom stereocenters. The van der Waals surface area contributed by atoms with Crippen molar-refractivity contribution in [1.82, 2.24) is 0 Å². The van der Waals surface area contributed by atoms with Crippen LogP contribution in [0.3, 0.4) is 0 Å². The van der Waals surface area contributed by atoms with Crippen LogP contribution in [0.2, 0.25) is 5.02 Å². The standard InChI is InChI=1S/C17H16ClNO4/c1-11(2)23-17(20)16(12-6-4-3-5-7-12)13-8-9-15(19(21)22)14(18)10-13/h3-11,16H,1-2H3/t16-/m1/s1. The van der Waals surface area contributed by atoms with Crippen molar-refractivity contribution in [1.29, 1.82) is 0 Å². The van der Waals surface area contributed by atoms with Gasteiger partial charge in [-0.05, 0) is 31.0 Å². The number of carbonyl (C=O) groups excluding carboxylic acids is 1. The molecule has 0 saturated carbocycles.